The van der Waals surface area contributed by atoms with Crippen LogP contribution in [0.1, 0.15) is 41.1 Å². The quantitative estimate of drug-likeness (QED) is 0.565. The van der Waals surface area contributed by atoms with Gasteiger partial charge in [-0.15, -0.1) is 11.3 Å². The zero-order chi connectivity index (χ0) is 21.1. The molecule has 1 N–H and O–H groups in total. The van der Waals surface area contributed by atoms with Gasteiger partial charge in [0.25, 0.3) is 0 Å². The van der Waals surface area contributed by atoms with Crippen molar-refractivity contribution in [3.8, 4) is 0 Å². The fourth-order valence-corrected chi connectivity index (χ4v) is 4.49. The smallest absolute Gasteiger partial charge is 0.370 e. The molecule has 2 aromatic carbocycles. The second-order valence-electron chi connectivity index (χ2n) is 7.12. The van der Waals surface area contributed by atoms with E-state index >= 15 is 0 Å². The van der Waals surface area contributed by atoms with Crippen LogP contribution in [0.4, 0.5) is 18.9 Å². The SMILES string of the molecule is O=C(C(Nc1ccccc1)c1ccc(C(F)(F)F)cc1)N1CCCC1c1nccs1. The highest BCUT2D eigenvalue weighted by Gasteiger charge is 2.36. The number of nitrogens with one attached hydrogen (secondary N) is 1. The van der Waals surface area contributed by atoms with Gasteiger partial charge in [-0.2, -0.15) is 13.2 Å². The summed E-state index contributed by atoms with van der Waals surface area (Å²) in [4.78, 5) is 19.7. The molecule has 0 radical (unpaired) electrons. The number of amides is 1. The van der Waals surface area contributed by atoms with E-state index in [1.54, 1.807) is 11.1 Å². The summed E-state index contributed by atoms with van der Waals surface area (Å²) in [6.07, 6.45) is -1.02. The normalized spacial score (nSPS) is 17.7. The van der Waals surface area contributed by atoms with E-state index in [2.05, 4.69) is 10.3 Å². The first-order valence-corrected chi connectivity index (χ1v) is 10.5. The minimum atomic E-state index is -4.42. The maximum absolute atomic E-state index is 13.6. The molecule has 1 aromatic heterocycles. The fraction of sp³-hybridized carbons (Fsp3) is 0.273. The molecule has 2 unspecified atom stereocenters. The summed E-state index contributed by atoms with van der Waals surface area (Å²) in [7, 11) is 0. The van der Waals surface area contributed by atoms with Crippen molar-refractivity contribution in [3.63, 3.8) is 0 Å². The summed E-state index contributed by atoms with van der Waals surface area (Å²) >= 11 is 1.51. The van der Waals surface area contributed by atoms with Crippen LogP contribution < -0.4 is 5.32 Å². The van der Waals surface area contributed by atoms with E-state index in [1.807, 2.05) is 35.7 Å². The number of para-hydroxylation sites is 1. The molecule has 30 heavy (non-hydrogen) atoms. The van der Waals surface area contributed by atoms with Crippen LogP contribution >= 0.6 is 11.3 Å². The average Bonchev–Trinajstić information content (AvgIpc) is 3.43. The second-order valence-corrected chi connectivity index (χ2v) is 8.05. The number of carbonyl (C=O) groups is 1. The van der Waals surface area contributed by atoms with Crippen molar-refractivity contribution in [1.29, 1.82) is 0 Å². The lowest BCUT2D eigenvalue weighted by atomic mass is 10.0. The Labute approximate surface area is 176 Å². The lowest BCUT2D eigenvalue weighted by molar-refractivity contribution is -0.137. The topological polar surface area (TPSA) is 45.2 Å². The number of nitrogens with zero attached hydrogens (tertiary/aromatic N) is 2. The molecule has 0 bridgehead atoms. The molecule has 0 spiro atoms. The van der Waals surface area contributed by atoms with Crippen LogP contribution in [-0.4, -0.2) is 22.3 Å². The fourth-order valence-electron chi connectivity index (χ4n) is 3.71. The van der Waals surface area contributed by atoms with Crippen molar-refractivity contribution < 1.29 is 18.0 Å². The van der Waals surface area contributed by atoms with E-state index in [-0.39, 0.29) is 11.9 Å². The third-order valence-electron chi connectivity index (χ3n) is 5.18. The number of halogens is 3. The van der Waals surface area contributed by atoms with Crippen molar-refractivity contribution >= 4 is 22.9 Å². The van der Waals surface area contributed by atoms with Crippen LogP contribution in [0.25, 0.3) is 0 Å². The van der Waals surface area contributed by atoms with Crippen molar-refractivity contribution in [2.24, 2.45) is 0 Å². The van der Waals surface area contributed by atoms with Gasteiger partial charge in [-0.1, -0.05) is 30.3 Å². The number of anilines is 1. The summed E-state index contributed by atoms with van der Waals surface area (Å²) < 4.78 is 39.0. The molecule has 1 saturated heterocycles. The second kappa shape index (κ2) is 8.47. The highest BCUT2D eigenvalue weighted by molar-refractivity contribution is 7.09. The molecule has 1 amide bonds. The molecule has 4 nitrogen and oxygen atoms in total. The highest BCUT2D eigenvalue weighted by Crippen LogP contribution is 2.36. The average molecular weight is 431 g/mol. The first-order chi connectivity index (χ1) is 14.4. The van der Waals surface area contributed by atoms with E-state index in [1.165, 1.54) is 23.5 Å². The molecule has 156 valence electrons. The lowest BCUT2D eigenvalue weighted by Gasteiger charge is -2.29. The molecular weight excluding hydrogens is 411 g/mol. The van der Waals surface area contributed by atoms with Gasteiger partial charge in [-0.3, -0.25) is 4.79 Å². The summed E-state index contributed by atoms with van der Waals surface area (Å²) in [6.45, 7) is 0.594. The molecule has 2 atom stereocenters. The Kier molecular flexibility index (Phi) is 5.76. The van der Waals surface area contributed by atoms with Crippen molar-refractivity contribution in [1.82, 2.24) is 9.88 Å². The predicted octanol–water partition coefficient (Wildman–Crippen LogP) is 5.68. The zero-order valence-electron chi connectivity index (χ0n) is 16.0. The third-order valence-corrected chi connectivity index (χ3v) is 6.05. The minimum absolute atomic E-state index is 0.105. The van der Waals surface area contributed by atoms with Crippen molar-refractivity contribution in [3.05, 3.63) is 82.3 Å². The number of rotatable bonds is 5. The van der Waals surface area contributed by atoms with Crippen LogP contribution in [0, 0.1) is 0 Å². The molecular formula is C22H20F3N3OS. The molecule has 1 fully saturated rings. The van der Waals surface area contributed by atoms with E-state index in [9.17, 15) is 18.0 Å². The number of carbonyl (C=O) groups excluding carboxylic acids is 1. The predicted molar refractivity (Wildman–Crippen MR) is 110 cm³/mol. The maximum Gasteiger partial charge on any atom is 0.416 e. The lowest BCUT2D eigenvalue weighted by Crippen LogP contribution is -2.37. The van der Waals surface area contributed by atoms with Gasteiger partial charge >= 0.3 is 6.18 Å². The van der Waals surface area contributed by atoms with Gasteiger partial charge < -0.3 is 10.2 Å². The Morgan fingerprint density at radius 3 is 2.50 bits per heavy atom. The Balaban J connectivity index is 1.65. The molecule has 0 aliphatic carbocycles. The maximum atomic E-state index is 13.6. The standard InChI is InChI=1S/C22H20F3N3OS/c23-22(24,25)16-10-8-15(9-11-16)19(27-17-5-2-1-3-6-17)21(29)28-13-4-7-18(28)20-26-12-14-30-20/h1-3,5-6,8-12,14,18-19,27H,4,7,13H2. The van der Waals surface area contributed by atoms with Crippen molar-refractivity contribution in [2.45, 2.75) is 31.1 Å². The number of thiazole rings is 1. The van der Waals surface area contributed by atoms with Crippen LogP contribution in [0.5, 0.6) is 0 Å². The van der Waals surface area contributed by atoms with Gasteiger partial charge in [-0.25, -0.2) is 4.98 Å². The summed E-state index contributed by atoms with van der Waals surface area (Å²) in [5, 5.41) is 5.97. The zero-order valence-corrected chi connectivity index (χ0v) is 16.8. The Bertz CT molecular complexity index is 975. The minimum Gasteiger partial charge on any atom is -0.370 e. The van der Waals surface area contributed by atoms with Gasteiger partial charge in [-0.05, 0) is 42.7 Å². The first kappa shape index (κ1) is 20.4. The Morgan fingerprint density at radius 1 is 1.13 bits per heavy atom. The van der Waals surface area contributed by atoms with Gasteiger partial charge in [0.15, 0.2) is 0 Å². The molecule has 0 saturated carbocycles. The number of hydrogen-bond donors (Lipinski definition) is 1. The van der Waals surface area contributed by atoms with E-state index in [4.69, 9.17) is 0 Å². The largest absolute Gasteiger partial charge is 0.416 e. The number of alkyl halides is 3. The van der Waals surface area contributed by atoms with E-state index in [0.29, 0.717) is 12.1 Å². The molecule has 1 aliphatic rings. The highest BCUT2D eigenvalue weighted by atomic mass is 32.1. The summed E-state index contributed by atoms with van der Waals surface area (Å²) in [5.41, 5.74) is 0.473. The summed E-state index contributed by atoms with van der Waals surface area (Å²) in [6, 6.07) is 13.1. The molecule has 2 heterocycles. The Hall–Kier alpha value is -2.87. The first-order valence-electron chi connectivity index (χ1n) is 9.62. The van der Waals surface area contributed by atoms with E-state index in [0.717, 1.165) is 35.7 Å². The van der Waals surface area contributed by atoms with Crippen LogP contribution in [0.15, 0.2) is 66.2 Å². The Morgan fingerprint density at radius 2 is 1.87 bits per heavy atom. The van der Waals surface area contributed by atoms with Gasteiger partial charge in [0.1, 0.15) is 11.0 Å². The summed E-state index contributed by atoms with van der Waals surface area (Å²) in [5.74, 6) is -0.170. The van der Waals surface area contributed by atoms with Gasteiger partial charge in [0, 0.05) is 23.8 Å². The van der Waals surface area contributed by atoms with Crippen LogP contribution in [-0.2, 0) is 11.0 Å². The van der Waals surface area contributed by atoms with Gasteiger partial charge in [0.2, 0.25) is 5.91 Å². The molecule has 4 rings (SSSR count). The van der Waals surface area contributed by atoms with E-state index < -0.39 is 17.8 Å². The van der Waals surface area contributed by atoms with Crippen molar-refractivity contribution in [2.75, 3.05) is 11.9 Å². The molecule has 1 aliphatic heterocycles. The molecule has 8 heteroatoms. The van der Waals surface area contributed by atoms with Gasteiger partial charge in [0.05, 0.1) is 11.6 Å². The number of likely N-dealkylation sites (tertiary alicyclic amines) is 1. The number of hydrogen-bond acceptors (Lipinski definition) is 4. The van der Waals surface area contributed by atoms with Crippen LogP contribution in [0.2, 0.25) is 0 Å². The third kappa shape index (κ3) is 4.33. The monoisotopic (exact) mass is 431 g/mol. The van der Waals surface area contributed by atoms with Crippen LogP contribution in [0.3, 0.4) is 0 Å². The number of aromatic nitrogens is 1. The molecule has 3 aromatic rings. The number of benzene rings is 2.